The third kappa shape index (κ3) is 3.19. The minimum Gasteiger partial charge on any atom is -0.366 e. The van der Waals surface area contributed by atoms with Crippen molar-refractivity contribution in [2.24, 2.45) is 0 Å². The van der Waals surface area contributed by atoms with Crippen LogP contribution in [0.3, 0.4) is 0 Å². The highest BCUT2D eigenvalue weighted by Gasteiger charge is 2.29. The molecule has 110 valence electrons. The maximum absolute atomic E-state index is 12.0. The molecule has 1 aliphatic heterocycles. The predicted octanol–water partition coefficient (Wildman–Crippen LogP) is 1.31. The van der Waals surface area contributed by atoms with E-state index in [9.17, 15) is 4.79 Å². The Labute approximate surface area is 123 Å². The van der Waals surface area contributed by atoms with Crippen molar-refractivity contribution in [2.75, 3.05) is 33.8 Å². The van der Waals surface area contributed by atoms with Gasteiger partial charge in [0.25, 0.3) is 5.91 Å². The molecule has 20 heavy (non-hydrogen) atoms. The molecule has 1 aromatic rings. The molecule has 0 N–H and O–H groups in total. The van der Waals surface area contributed by atoms with E-state index < -0.39 is 0 Å². The van der Waals surface area contributed by atoms with Crippen molar-refractivity contribution >= 4 is 17.2 Å². The number of morpholine rings is 1. The minimum atomic E-state index is -0.333. The molecule has 2 heterocycles. The molecule has 0 bridgehead atoms. The van der Waals surface area contributed by atoms with E-state index in [-0.39, 0.29) is 12.0 Å². The first kappa shape index (κ1) is 14.0. The van der Waals surface area contributed by atoms with Crippen LogP contribution in [0.2, 0.25) is 0 Å². The van der Waals surface area contributed by atoms with Gasteiger partial charge in [-0.25, -0.2) is 4.98 Å². The van der Waals surface area contributed by atoms with Gasteiger partial charge in [-0.05, 0) is 12.8 Å². The molecule has 1 saturated carbocycles. The number of carbonyl (C=O) groups excluding carboxylic acids is 1. The fraction of sp³-hybridized carbons (Fsp3) is 0.714. The van der Waals surface area contributed by atoms with Crippen LogP contribution >= 0.6 is 11.3 Å². The van der Waals surface area contributed by atoms with E-state index in [1.165, 1.54) is 17.8 Å². The fourth-order valence-corrected chi connectivity index (χ4v) is 3.41. The number of likely N-dealkylation sites (N-methyl/N-ethyl adjacent to an activating group) is 1. The minimum absolute atomic E-state index is 0.0478. The lowest BCUT2D eigenvalue weighted by Crippen LogP contribution is -2.49. The van der Waals surface area contributed by atoms with Crippen LogP contribution in [0.4, 0.5) is 0 Å². The third-order valence-corrected chi connectivity index (χ3v) is 4.80. The van der Waals surface area contributed by atoms with Gasteiger partial charge in [-0.3, -0.25) is 9.69 Å². The number of ether oxygens (including phenoxy) is 1. The average Bonchev–Trinajstić information content (AvgIpc) is 3.19. The van der Waals surface area contributed by atoms with Crippen molar-refractivity contribution in [1.29, 1.82) is 0 Å². The highest BCUT2D eigenvalue weighted by Crippen LogP contribution is 2.41. The Morgan fingerprint density at radius 2 is 2.35 bits per heavy atom. The standard InChI is InChI=1S/C14H21N3O2S/c1-16(2)14(18)12-8-17(5-6-19-12)7-11-9-20-13(15-11)10-3-4-10/h9-10,12H,3-8H2,1-2H3. The van der Waals surface area contributed by atoms with Crippen molar-refractivity contribution in [3.63, 3.8) is 0 Å². The van der Waals surface area contributed by atoms with E-state index in [0.717, 1.165) is 24.7 Å². The van der Waals surface area contributed by atoms with Crippen LogP contribution in [0.15, 0.2) is 5.38 Å². The third-order valence-electron chi connectivity index (χ3n) is 3.75. The van der Waals surface area contributed by atoms with Gasteiger partial charge in [-0.15, -0.1) is 11.3 Å². The van der Waals surface area contributed by atoms with Crippen molar-refractivity contribution in [3.8, 4) is 0 Å². The molecular formula is C14H21N3O2S. The topological polar surface area (TPSA) is 45.7 Å². The highest BCUT2D eigenvalue weighted by atomic mass is 32.1. The van der Waals surface area contributed by atoms with Crippen LogP contribution in [0, 0.1) is 0 Å². The molecule has 3 rings (SSSR count). The van der Waals surface area contributed by atoms with Crippen molar-refractivity contribution < 1.29 is 9.53 Å². The molecule has 5 nitrogen and oxygen atoms in total. The van der Waals surface area contributed by atoms with Crippen molar-refractivity contribution in [1.82, 2.24) is 14.8 Å². The molecule has 2 fully saturated rings. The monoisotopic (exact) mass is 295 g/mol. The number of nitrogens with zero attached hydrogens (tertiary/aromatic N) is 3. The SMILES string of the molecule is CN(C)C(=O)C1CN(Cc2csc(C3CC3)n2)CCO1. The number of aromatic nitrogens is 1. The van der Waals surface area contributed by atoms with E-state index in [2.05, 4.69) is 10.3 Å². The Balaban J connectivity index is 1.57. The summed E-state index contributed by atoms with van der Waals surface area (Å²) in [5.74, 6) is 0.771. The number of carbonyl (C=O) groups is 1. The maximum atomic E-state index is 12.0. The normalized spacial score (nSPS) is 23.8. The maximum Gasteiger partial charge on any atom is 0.252 e. The molecule has 1 amide bonds. The lowest BCUT2D eigenvalue weighted by Gasteiger charge is -2.32. The Kier molecular flexibility index (Phi) is 4.05. The highest BCUT2D eigenvalue weighted by molar-refractivity contribution is 7.09. The summed E-state index contributed by atoms with van der Waals surface area (Å²) in [7, 11) is 3.54. The molecule has 0 radical (unpaired) electrons. The lowest BCUT2D eigenvalue weighted by molar-refractivity contribution is -0.147. The molecule has 1 unspecified atom stereocenters. The van der Waals surface area contributed by atoms with E-state index in [1.54, 1.807) is 30.3 Å². The van der Waals surface area contributed by atoms with Gasteiger partial charge in [0.05, 0.1) is 17.3 Å². The second kappa shape index (κ2) is 5.79. The second-order valence-electron chi connectivity index (χ2n) is 5.78. The Morgan fingerprint density at radius 1 is 1.55 bits per heavy atom. The summed E-state index contributed by atoms with van der Waals surface area (Å²) in [6.45, 7) is 2.97. The molecule has 1 aliphatic carbocycles. The van der Waals surface area contributed by atoms with Crippen LogP contribution in [0.1, 0.15) is 29.5 Å². The Hall–Kier alpha value is -0.980. The van der Waals surface area contributed by atoms with Gasteiger partial charge in [0.15, 0.2) is 0 Å². The van der Waals surface area contributed by atoms with Gasteiger partial charge in [0.1, 0.15) is 6.10 Å². The second-order valence-corrected chi connectivity index (χ2v) is 6.67. The number of thiazole rings is 1. The van der Waals surface area contributed by atoms with Crippen LogP contribution in [-0.4, -0.2) is 60.6 Å². The average molecular weight is 295 g/mol. The first-order chi connectivity index (χ1) is 9.63. The summed E-state index contributed by atoms with van der Waals surface area (Å²) in [4.78, 5) is 20.5. The van der Waals surface area contributed by atoms with E-state index in [1.807, 2.05) is 0 Å². The largest absolute Gasteiger partial charge is 0.366 e. The van der Waals surface area contributed by atoms with Crippen LogP contribution in [0.25, 0.3) is 0 Å². The summed E-state index contributed by atoms with van der Waals surface area (Å²) >= 11 is 1.78. The summed E-state index contributed by atoms with van der Waals surface area (Å²) < 4.78 is 5.57. The van der Waals surface area contributed by atoms with E-state index in [4.69, 9.17) is 9.72 Å². The number of hydrogen-bond donors (Lipinski definition) is 0. The molecule has 1 saturated heterocycles. The van der Waals surface area contributed by atoms with E-state index >= 15 is 0 Å². The van der Waals surface area contributed by atoms with Gasteiger partial charge < -0.3 is 9.64 Å². The van der Waals surface area contributed by atoms with Crippen LogP contribution < -0.4 is 0 Å². The molecular weight excluding hydrogens is 274 g/mol. The zero-order valence-corrected chi connectivity index (χ0v) is 12.9. The van der Waals surface area contributed by atoms with Gasteiger partial charge in [-0.2, -0.15) is 0 Å². The number of hydrogen-bond acceptors (Lipinski definition) is 5. The molecule has 1 atom stereocenters. The van der Waals surface area contributed by atoms with E-state index in [0.29, 0.717) is 13.2 Å². The predicted molar refractivity (Wildman–Crippen MR) is 77.8 cm³/mol. The van der Waals surface area contributed by atoms with Crippen molar-refractivity contribution in [2.45, 2.75) is 31.4 Å². The fourth-order valence-electron chi connectivity index (χ4n) is 2.43. The van der Waals surface area contributed by atoms with Crippen LogP contribution in [0.5, 0.6) is 0 Å². The molecule has 2 aliphatic rings. The molecule has 6 heteroatoms. The Bertz CT molecular complexity index is 485. The molecule has 0 aromatic carbocycles. The molecule has 0 spiro atoms. The van der Waals surface area contributed by atoms with Crippen LogP contribution in [-0.2, 0) is 16.1 Å². The summed E-state index contributed by atoms with van der Waals surface area (Å²) in [6.07, 6.45) is 2.26. The quantitative estimate of drug-likeness (QED) is 0.840. The number of rotatable bonds is 4. The first-order valence-corrected chi connectivity index (χ1v) is 8.01. The smallest absolute Gasteiger partial charge is 0.252 e. The van der Waals surface area contributed by atoms with Gasteiger partial charge >= 0.3 is 0 Å². The first-order valence-electron chi connectivity index (χ1n) is 7.13. The van der Waals surface area contributed by atoms with Crippen molar-refractivity contribution in [3.05, 3.63) is 16.1 Å². The lowest BCUT2D eigenvalue weighted by atomic mass is 10.2. The summed E-state index contributed by atoms with van der Waals surface area (Å²) in [5.41, 5.74) is 1.13. The number of amides is 1. The van der Waals surface area contributed by atoms with Gasteiger partial charge in [-0.1, -0.05) is 0 Å². The summed E-state index contributed by atoms with van der Waals surface area (Å²) in [6, 6.07) is 0. The van der Waals surface area contributed by atoms with Gasteiger partial charge in [0.2, 0.25) is 0 Å². The molecule has 1 aromatic heterocycles. The Morgan fingerprint density at radius 3 is 3.05 bits per heavy atom. The zero-order chi connectivity index (χ0) is 14.1. The summed E-state index contributed by atoms with van der Waals surface area (Å²) in [5, 5.41) is 3.44. The zero-order valence-electron chi connectivity index (χ0n) is 12.0. The van der Waals surface area contributed by atoms with Gasteiger partial charge in [0, 0.05) is 45.0 Å².